The predicted octanol–water partition coefficient (Wildman–Crippen LogP) is 3.67. The summed E-state index contributed by atoms with van der Waals surface area (Å²) in [7, 11) is -3.02. The monoisotopic (exact) mass is 542 g/mol. The average Bonchev–Trinajstić information content (AvgIpc) is 3.28. The summed E-state index contributed by atoms with van der Waals surface area (Å²) in [5, 5.41) is 14.7. The average molecular weight is 543 g/mol. The minimum atomic E-state index is -3.02. The van der Waals surface area contributed by atoms with E-state index in [0.717, 1.165) is 16.5 Å². The molecular formula is C27H35FN6O3S. The molecular weight excluding hydrogens is 507 g/mol. The third kappa shape index (κ3) is 5.26. The third-order valence-electron chi connectivity index (χ3n) is 7.73. The standard InChI is InChI=1S/C27H35FN6O3S/c1-17(2)20-5-6-23(34-13-19(18(34)3)14-38(4,36)37)22-12-30-25(11-21(20)22)31-24-7-9-29-26(32-24)33-10-8-27(28,15-33)16-35/h5-7,9,11-12,17-19,35H,8,10,13-16H2,1-4H3,(H,29,30,31,32)/t18-,19-,27+/m1/s1. The van der Waals surface area contributed by atoms with Gasteiger partial charge in [-0.2, -0.15) is 4.98 Å². The van der Waals surface area contributed by atoms with E-state index >= 15 is 0 Å². The highest BCUT2D eigenvalue weighted by atomic mass is 32.2. The van der Waals surface area contributed by atoms with Crippen LogP contribution in [0.25, 0.3) is 10.8 Å². The van der Waals surface area contributed by atoms with Gasteiger partial charge in [-0.1, -0.05) is 19.9 Å². The normalized spacial score (nSPS) is 23.8. The second kappa shape index (κ2) is 9.92. The van der Waals surface area contributed by atoms with Crippen LogP contribution in [0.4, 0.5) is 27.7 Å². The molecule has 0 spiro atoms. The molecule has 0 aliphatic carbocycles. The number of nitrogens with zero attached hydrogens (tertiary/aromatic N) is 5. The van der Waals surface area contributed by atoms with Crippen molar-refractivity contribution < 1.29 is 17.9 Å². The molecule has 0 amide bonds. The molecule has 0 bridgehead atoms. The molecule has 38 heavy (non-hydrogen) atoms. The van der Waals surface area contributed by atoms with Gasteiger partial charge in [0.1, 0.15) is 21.5 Å². The Kier molecular flexibility index (Phi) is 6.93. The quantitative estimate of drug-likeness (QED) is 0.440. The molecule has 3 aromatic rings. The Morgan fingerprint density at radius 2 is 2.00 bits per heavy atom. The molecule has 2 saturated heterocycles. The van der Waals surface area contributed by atoms with Gasteiger partial charge in [0.2, 0.25) is 5.95 Å². The fourth-order valence-corrected chi connectivity index (χ4v) is 6.65. The number of fused-ring (bicyclic) bond motifs is 1. The number of hydrogen-bond acceptors (Lipinski definition) is 9. The first-order chi connectivity index (χ1) is 18.0. The van der Waals surface area contributed by atoms with Crippen molar-refractivity contribution >= 4 is 43.9 Å². The van der Waals surface area contributed by atoms with Crippen LogP contribution in [-0.4, -0.2) is 78.4 Å². The summed E-state index contributed by atoms with van der Waals surface area (Å²) in [5.74, 6) is 2.19. The number of sulfone groups is 1. The topological polar surface area (TPSA) is 112 Å². The fraction of sp³-hybridized carbons (Fsp3) is 0.519. The van der Waals surface area contributed by atoms with E-state index in [-0.39, 0.29) is 30.7 Å². The Morgan fingerprint density at radius 3 is 2.66 bits per heavy atom. The minimum Gasteiger partial charge on any atom is -0.393 e. The first kappa shape index (κ1) is 26.6. The van der Waals surface area contributed by atoms with Crippen LogP contribution in [0.1, 0.15) is 38.7 Å². The molecule has 3 atom stereocenters. The Labute approximate surface area is 223 Å². The molecule has 0 unspecified atom stereocenters. The van der Waals surface area contributed by atoms with E-state index in [1.165, 1.54) is 11.8 Å². The molecule has 2 aliphatic rings. The summed E-state index contributed by atoms with van der Waals surface area (Å²) in [6.07, 6.45) is 5.01. The van der Waals surface area contributed by atoms with E-state index in [0.29, 0.717) is 36.6 Å². The van der Waals surface area contributed by atoms with Gasteiger partial charge in [0.05, 0.1) is 18.9 Å². The largest absolute Gasteiger partial charge is 0.393 e. The van der Waals surface area contributed by atoms with Crippen LogP contribution in [0.3, 0.4) is 0 Å². The van der Waals surface area contributed by atoms with Crippen molar-refractivity contribution in [1.82, 2.24) is 15.0 Å². The summed E-state index contributed by atoms with van der Waals surface area (Å²) >= 11 is 0. The van der Waals surface area contributed by atoms with E-state index in [4.69, 9.17) is 0 Å². The molecule has 2 fully saturated rings. The van der Waals surface area contributed by atoms with Gasteiger partial charge in [-0.05, 0) is 42.0 Å². The number of halogens is 1. The van der Waals surface area contributed by atoms with Gasteiger partial charge < -0.3 is 20.2 Å². The second-order valence-electron chi connectivity index (χ2n) is 11.0. The maximum Gasteiger partial charge on any atom is 0.227 e. The predicted molar refractivity (Wildman–Crippen MR) is 149 cm³/mol. The van der Waals surface area contributed by atoms with Gasteiger partial charge in [-0.15, -0.1) is 0 Å². The van der Waals surface area contributed by atoms with Crippen LogP contribution in [0, 0.1) is 5.92 Å². The molecule has 4 heterocycles. The fourth-order valence-electron chi connectivity index (χ4n) is 5.49. The van der Waals surface area contributed by atoms with Crippen molar-refractivity contribution in [3.05, 3.63) is 42.2 Å². The van der Waals surface area contributed by atoms with E-state index in [9.17, 15) is 17.9 Å². The van der Waals surface area contributed by atoms with E-state index in [1.807, 2.05) is 12.3 Å². The molecule has 1 aromatic carbocycles. The first-order valence-electron chi connectivity index (χ1n) is 13.0. The van der Waals surface area contributed by atoms with Crippen molar-refractivity contribution in [1.29, 1.82) is 0 Å². The van der Waals surface area contributed by atoms with E-state index < -0.39 is 22.1 Å². The lowest BCUT2D eigenvalue weighted by molar-refractivity contribution is 0.0909. The maximum absolute atomic E-state index is 14.5. The van der Waals surface area contributed by atoms with Gasteiger partial charge in [-0.25, -0.2) is 22.8 Å². The summed E-state index contributed by atoms with van der Waals surface area (Å²) in [5.41, 5.74) is 0.618. The highest BCUT2D eigenvalue weighted by Gasteiger charge is 2.39. The lowest BCUT2D eigenvalue weighted by atomic mass is 9.88. The number of aliphatic hydroxyl groups excluding tert-OH is 1. The molecule has 2 aromatic heterocycles. The molecule has 5 rings (SSSR count). The van der Waals surface area contributed by atoms with E-state index in [2.05, 4.69) is 58.1 Å². The lowest BCUT2D eigenvalue weighted by Crippen LogP contribution is -2.57. The number of aromatic nitrogens is 3. The lowest BCUT2D eigenvalue weighted by Gasteiger charge is -2.48. The molecule has 9 nitrogen and oxygen atoms in total. The smallest absolute Gasteiger partial charge is 0.227 e. The van der Waals surface area contributed by atoms with Crippen molar-refractivity contribution in [3.8, 4) is 0 Å². The van der Waals surface area contributed by atoms with Crippen LogP contribution < -0.4 is 15.1 Å². The van der Waals surface area contributed by atoms with Crippen molar-refractivity contribution in [2.45, 2.75) is 44.8 Å². The van der Waals surface area contributed by atoms with Gasteiger partial charge >= 0.3 is 0 Å². The molecule has 11 heteroatoms. The Bertz CT molecular complexity index is 1450. The zero-order chi connectivity index (χ0) is 27.2. The first-order valence-corrected chi connectivity index (χ1v) is 15.0. The molecule has 2 aliphatic heterocycles. The Balaban J connectivity index is 1.41. The maximum atomic E-state index is 14.5. The van der Waals surface area contributed by atoms with Crippen molar-refractivity contribution in [2.24, 2.45) is 5.92 Å². The van der Waals surface area contributed by atoms with Crippen LogP contribution in [-0.2, 0) is 9.84 Å². The van der Waals surface area contributed by atoms with Crippen LogP contribution in [0.2, 0.25) is 0 Å². The zero-order valence-corrected chi connectivity index (χ0v) is 23.0. The van der Waals surface area contributed by atoms with Gasteiger partial charge in [0, 0.05) is 61.2 Å². The number of alkyl halides is 1. The van der Waals surface area contributed by atoms with Crippen molar-refractivity contribution in [2.75, 3.05) is 53.4 Å². The SMILES string of the molecule is CC(C)c1ccc(N2C[C@H](CS(C)(=O)=O)[C@H]2C)c2cnc(Nc3ccnc(N4CC[C@@](F)(CO)C4)n3)cc12. The van der Waals surface area contributed by atoms with Crippen molar-refractivity contribution in [3.63, 3.8) is 0 Å². The van der Waals surface area contributed by atoms with Crippen LogP contribution in [0.5, 0.6) is 0 Å². The summed E-state index contributed by atoms with van der Waals surface area (Å²) in [6, 6.07) is 8.13. The number of anilines is 4. The summed E-state index contributed by atoms with van der Waals surface area (Å²) in [6.45, 7) is 7.06. The molecule has 0 radical (unpaired) electrons. The molecule has 2 N–H and O–H groups in total. The Hall–Kier alpha value is -3.05. The third-order valence-corrected chi connectivity index (χ3v) is 8.77. The highest BCUT2D eigenvalue weighted by Crippen LogP contribution is 2.39. The van der Waals surface area contributed by atoms with Gasteiger partial charge in [0.15, 0.2) is 5.67 Å². The number of rotatable bonds is 8. The van der Waals surface area contributed by atoms with Gasteiger partial charge in [0.25, 0.3) is 0 Å². The summed E-state index contributed by atoms with van der Waals surface area (Å²) in [4.78, 5) is 17.5. The van der Waals surface area contributed by atoms with Gasteiger partial charge in [-0.3, -0.25) is 0 Å². The molecule has 204 valence electrons. The zero-order valence-electron chi connectivity index (χ0n) is 22.2. The highest BCUT2D eigenvalue weighted by molar-refractivity contribution is 7.90. The van der Waals surface area contributed by atoms with Crippen LogP contribution >= 0.6 is 0 Å². The molecule has 0 saturated carbocycles. The number of hydrogen-bond donors (Lipinski definition) is 2. The number of nitrogens with one attached hydrogen (secondary N) is 1. The van der Waals surface area contributed by atoms with Crippen LogP contribution in [0.15, 0.2) is 36.7 Å². The summed E-state index contributed by atoms with van der Waals surface area (Å²) < 4.78 is 38.1. The number of benzene rings is 1. The minimum absolute atomic E-state index is 0.0572. The Morgan fingerprint density at radius 1 is 1.21 bits per heavy atom. The van der Waals surface area contributed by atoms with E-state index in [1.54, 1.807) is 17.2 Å². The number of aliphatic hydroxyl groups is 1. The number of pyridine rings is 1. The second-order valence-corrected chi connectivity index (χ2v) is 13.2.